The fraction of sp³-hybridized carbons (Fsp3) is 0. The van der Waals surface area contributed by atoms with Crippen molar-refractivity contribution in [1.29, 1.82) is 0 Å². The van der Waals surface area contributed by atoms with E-state index in [1.54, 1.807) is 6.07 Å². The number of hydrogen-bond donors (Lipinski definition) is 1. The number of amides is 1. The zero-order valence-electron chi connectivity index (χ0n) is 4.05. The maximum absolute atomic E-state index is 9.75. The molecule has 0 unspecified atom stereocenters. The molecule has 0 aliphatic carbocycles. The second kappa shape index (κ2) is 2.47. The zero-order chi connectivity index (χ0) is 5.82. The number of thiophene rings is 1. The third-order valence-corrected chi connectivity index (χ3v) is 1.30. The molecule has 8 heavy (non-hydrogen) atoms. The van der Waals surface area contributed by atoms with E-state index in [0.717, 1.165) is 5.69 Å². The summed E-state index contributed by atoms with van der Waals surface area (Å²) < 4.78 is 0. The molecule has 41 valence electrons. The average molecular weight is 126 g/mol. The minimum absolute atomic E-state index is 0.637. The lowest BCUT2D eigenvalue weighted by Crippen LogP contribution is -1.89. The highest BCUT2D eigenvalue weighted by atomic mass is 32.1. The molecule has 0 aliphatic heterocycles. The Morgan fingerprint density at radius 1 is 1.88 bits per heavy atom. The molecule has 0 atom stereocenters. The van der Waals surface area contributed by atoms with Crippen molar-refractivity contribution in [2.75, 3.05) is 5.32 Å². The van der Waals surface area contributed by atoms with E-state index in [1.165, 1.54) is 11.3 Å². The summed E-state index contributed by atoms with van der Waals surface area (Å²) in [7, 11) is 0. The Hall–Kier alpha value is -0.830. The highest BCUT2D eigenvalue weighted by Crippen LogP contribution is 2.08. The fourth-order valence-corrected chi connectivity index (χ4v) is 0.901. The zero-order valence-corrected chi connectivity index (χ0v) is 4.87. The van der Waals surface area contributed by atoms with E-state index in [4.69, 9.17) is 0 Å². The SMILES string of the molecule is O=CNc1[c]scc1. The van der Waals surface area contributed by atoms with Crippen LogP contribution in [0.2, 0.25) is 0 Å². The van der Waals surface area contributed by atoms with Crippen molar-refractivity contribution in [2.45, 2.75) is 0 Å². The van der Waals surface area contributed by atoms with Crippen LogP contribution in [0.1, 0.15) is 0 Å². The Balaban J connectivity index is 2.62. The summed E-state index contributed by atoms with van der Waals surface area (Å²) in [5, 5.41) is 7.15. The first-order valence-corrected chi connectivity index (χ1v) is 2.97. The number of rotatable bonds is 2. The van der Waals surface area contributed by atoms with Gasteiger partial charge in [-0.15, -0.1) is 11.3 Å². The first-order chi connectivity index (χ1) is 3.93. The second-order valence-corrected chi connectivity index (χ2v) is 1.91. The Morgan fingerprint density at radius 2 is 2.75 bits per heavy atom. The number of hydrogen-bond acceptors (Lipinski definition) is 2. The van der Waals surface area contributed by atoms with Crippen molar-refractivity contribution in [1.82, 2.24) is 0 Å². The molecule has 0 bridgehead atoms. The van der Waals surface area contributed by atoms with Gasteiger partial charge in [0.1, 0.15) is 0 Å². The lowest BCUT2D eigenvalue weighted by atomic mass is 10.5. The van der Waals surface area contributed by atoms with Gasteiger partial charge in [0.15, 0.2) is 0 Å². The number of carbonyl (C=O) groups excluding carboxylic acids is 1. The Morgan fingerprint density at radius 3 is 3.25 bits per heavy atom. The predicted molar refractivity (Wildman–Crippen MR) is 32.8 cm³/mol. The van der Waals surface area contributed by atoms with Crippen LogP contribution in [0.3, 0.4) is 0 Å². The van der Waals surface area contributed by atoms with Gasteiger partial charge in [-0.1, -0.05) is 0 Å². The molecule has 0 aliphatic rings. The summed E-state index contributed by atoms with van der Waals surface area (Å²) in [5.41, 5.74) is 0.741. The highest BCUT2D eigenvalue weighted by Gasteiger charge is 1.85. The third-order valence-electron chi connectivity index (χ3n) is 0.686. The summed E-state index contributed by atoms with van der Waals surface area (Å²) in [6.07, 6.45) is 0.637. The Kier molecular flexibility index (Phi) is 1.64. The van der Waals surface area contributed by atoms with Crippen molar-refractivity contribution < 1.29 is 4.79 Å². The minimum atomic E-state index is 0.637. The number of anilines is 1. The first-order valence-electron chi connectivity index (χ1n) is 2.09. The molecule has 2 nitrogen and oxygen atoms in total. The molecule has 0 aromatic carbocycles. The van der Waals surface area contributed by atoms with Gasteiger partial charge in [-0.2, -0.15) is 0 Å². The van der Waals surface area contributed by atoms with Gasteiger partial charge < -0.3 is 5.32 Å². The summed E-state index contributed by atoms with van der Waals surface area (Å²) >= 11 is 1.43. The van der Waals surface area contributed by atoms with Gasteiger partial charge in [0.05, 0.1) is 11.1 Å². The van der Waals surface area contributed by atoms with E-state index in [-0.39, 0.29) is 0 Å². The molecule has 1 radical (unpaired) electrons. The normalized spacial score (nSPS) is 8.50. The smallest absolute Gasteiger partial charge is 0.211 e. The van der Waals surface area contributed by atoms with Gasteiger partial charge >= 0.3 is 0 Å². The quantitative estimate of drug-likeness (QED) is 0.591. The van der Waals surface area contributed by atoms with Crippen LogP contribution in [0.4, 0.5) is 5.69 Å². The molecule has 1 rings (SSSR count). The molecule has 1 aromatic heterocycles. The molecule has 1 amide bonds. The molecule has 3 heteroatoms. The molecular formula is C5H4NOS. The molecular weight excluding hydrogens is 122 g/mol. The largest absolute Gasteiger partial charge is 0.327 e. The maximum Gasteiger partial charge on any atom is 0.211 e. The van der Waals surface area contributed by atoms with Crippen LogP contribution in [-0.4, -0.2) is 6.41 Å². The Bertz CT molecular complexity index is 159. The van der Waals surface area contributed by atoms with Gasteiger partial charge in [0.25, 0.3) is 0 Å². The van der Waals surface area contributed by atoms with Crippen LogP contribution in [0.5, 0.6) is 0 Å². The highest BCUT2D eigenvalue weighted by molar-refractivity contribution is 7.07. The van der Waals surface area contributed by atoms with Gasteiger partial charge in [-0.3, -0.25) is 4.79 Å². The van der Waals surface area contributed by atoms with E-state index in [9.17, 15) is 4.79 Å². The van der Waals surface area contributed by atoms with Gasteiger partial charge in [0, 0.05) is 0 Å². The van der Waals surface area contributed by atoms with E-state index >= 15 is 0 Å². The van der Waals surface area contributed by atoms with Gasteiger partial charge in [0.2, 0.25) is 6.41 Å². The van der Waals surface area contributed by atoms with Crippen molar-refractivity contribution >= 4 is 23.4 Å². The van der Waals surface area contributed by atoms with Crippen LogP contribution in [0, 0.1) is 5.38 Å². The van der Waals surface area contributed by atoms with E-state index in [1.807, 2.05) is 5.38 Å². The van der Waals surface area contributed by atoms with Crippen LogP contribution < -0.4 is 5.32 Å². The van der Waals surface area contributed by atoms with Gasteiger partial charge in [-0.25, -0.2) is 0 Å². The molecule has 0 spiro atoms. The van der Waals surface area contributed by atoms with Crippen LogP contribution >= 0.6 is 11.3 Å². The lowest BCUT2D eigenvalue weighted by molar-refractivity contribution is -0.105. The van der Waals surface area contributed by atoms with E-state index in [2.05, 4.69) is 10.7 Å². The van der Waals surface area contributed by atoms with Crippen LogP contribution in [0.15, 0.2) is 11.4 Å². The Labute approximate surface area is 51.1 Å². The van der Waals surface area contributed by atoms with Crippen molar-refractivity contribution in [3.05, 3.63) is 16.8 Å². The molecule has 1 N–H and O–H groups in total. The summed E-state index contributed by atoms with van der Waals surface area (Å²) in [5.74, 6) is 0. The van der Waals surface area contributed by atoms with E-state index < -0.39 is 0 Å². The molecule has 0 saturated carbocycles. The first kappa shape index (κ1) is 5.31. The lowest BCUT2D eigenvalue weighted by Gasteiger charge is -1.84. The van der Waals surface area contributed by atoms with Gasteiger partial charge in [-0.05, 0) is 11.4 Å². The second-order valence-electron chi connectivity index (χ2n) is 1.20. The summed E-state index contributed by atoms with van der Waals surface area (Å²) in [6, 6.07) is 1.79. The van der Waals surface area contributed by atoms with Crippen LogP contribution in [0.25, 0.3) is 0 Å². The third kappa shape index (κ3) is 1.07. The summed E-state index contributed by atoms with van der Waals surface area (Å²) in [6.45, 7) is 0. The van der Waals surface area contributed by atoms with Crippen molar-refractivity contribution in [3.63, 3.8) is 0 Å². The predicted octanol–water partition coefficient (Wildman–Crippen LogP) is 1.12. The summed E-state index contributed by atoms with van der Waals surface area (Å²) in [4.78, 5) is 9.75. The van der Waals surface area contributed by atoms with Crippen molar-refractivity contribution in [2.24, 2.45) is 0 Å². The maximum atomic E-state index is 9.75. The molecule has 1 heterocycles. The van der Waals surface area contributed by atoms with Crippen molar-refractivity contribution in [3.8, 4) is 0 Å². The van der Waals surface area contributed by atoms with E-state index in [0.29, 0.717) is 6.41 Å². The van der Waals surface area contributed by atoms with Crippen LogP contribution in [-0.2, 0) is 4.79 Å². The molecule has 1 aromatic rings. The number of carbonyl (C=O) groups is 1. The fourth-order valence-electron chi connectivity index (χ4n) is 0.375. The minimum Gasteiger partial charge on any atom is -0.327 e. The average Bonchev–Trinajstić information content (AvgIpc) is 2.19. The topological polar surface area (TPSA) is 29.1 Å². The molecule has 0 fully saturated rings. The molecule has 0 saturated heterocycles. The standard InChI is InChI=1S/C5H4NOS/c7-4-6-5-1-2-8-3-5/h1-2,4H,(H,6,7). The monoisotopic (exact) mass is 126 g/mol. The number of nitrogens with one attached hydrogen (secondary N) is 1.